The van der Waals surface area contributed by atoms with Gasteiger partial charge in [-0.1, -0.05) is 6.07 Å². The molecule has 4 nitrogen and oxygen atoms in total. The Hall–Kier alpha value is -2.49. The first-order valence-corrected chi connectivity index (χ1v) is 7.83. The zero-order chi connectivity index (χ0) is 16.8. The number of hydrogen-bond acceptors (Lipinski definition) is 3. The number of amides is 1. The second-order valence-corrected chi connectivity index (χ2v) is 6.04. The summed E-state index contributed by atoms with van der Waals surface area (Å²) >= 11 is 0. The Morgan fingerprint density at radius 2 is 1.57 bits per heavy atom. The molecule has 0 aliphatic rings. The Labute approximate surface area is 138 Å². The van der Waals surface area contributed by atoms with Crippen LogP contribution >= 0.6 is 0 Å². The van der Waals surface area contributed by atoms with Gasteiger partial charge in [-0.25, -0.2) is 0 Å². The number of carbonyl (C=O) groups is 1. The number of nitrogens with one attached hydrogen (secondary N) is 2. The fraction of sp³-hybridized carbons (Fsp3) is 0.316. The average molecular weight is 311 g/mol. The molecule has 0 radical (unpaired) electrons. The van der Waals surface area contributed by atoms with Crippen molar-refractivity contribution >= 4 is 23.0 Å². The Kier molecular flexibility index (Phi) is 5.63. The van der Waals surface area contributed by atoms with E-state index in [1.165, 1.54) is 0 Å². The number of aryl methyl sites for hydroxylation is 2. The number of rotatable bonds is 6. The quantitative estimate of drug-likeness (QED) is 0.852. The predicted octanol–water partition coefficient (Wildman–Crippen LogP) is 3.81. The standard InChI is InChI=1S/C19H25N3O/c1-14-11-15(2)13-17(12-14)21-19(23)9-10-20-16-5-7-18(8-6-16)22(3)4/h5-8,11-13,20H,9-10H2,1-4H3,(H,21,23). The Morgan fingerprint density at radius 1 is 0.957 bits per heavy atom. The third-order valence-corrected chi connectivity index (χ3v) is 3.57. The van der Waals surface area contributed by atoms with E-state index in [1.54, 1.807) is 0 Å². The molecule has 0 aliphatic carbocycles. The Balaban J connectivity index is 1.80. The van der Waals surface area contributed by atoms with Crippen LogP contribution in [0, 0.1) is 13.8 Å². The van der Waals surface area contributed by atoms with Crippen molar-refractivity contribution in [3.63, 3.8) is 0 Å². The molecule has 1 amide bonds. The monoisotopic (exact) mass is 311 g/mol. The number of anilines is 3. The van der Waals surface area contributed by atoms with Crippen LogP contribution in [0.15, 0.2) is 42.5 Å². The summed E-state index contributed by atoms with van der Waals surface area (Å²) in [5.74, 6) is 0.0208. The van der Waals surface area contributed by atoms with Gasteiger partial charge in [0.1, 0.15) is 0 Å². The number of hydrogen-bond donors (Lipinski definition) is 2. The molecule has 2 aromatic carbocycles. The van der Waals surface area contributed by atoms with Gasteiger partial charge < -0.3 is 15.5 Å². The minimum Gasteiger partial charge on any atom is -0.385 e. The van der Waals surface area contributed by atoms with Gasteiger partial charge in [-0.3, -0.25) is 4.79 Å². The molecule has 0 saturated carbocycles. The highest BCUT2D eigenvalue weighted by Gasteiger charge is 2.03. The van der Waals surface area contributed by atoms with Crippen LogP contribution in [0.25, 0.3) is 0 Å². The van der Waals surface area contributed by atoms with Crippen LogP contribution in [0.3, 0.4) is 0 Å². The Morgan fingerprint density at radius 3 is 2.13 bits per heavy atom. The molecule has 0 fully saturated rings. The van der Waals surface area contributed by atoms with E-state index in [4.69, 9.17) is 0 Å². The molecule has 0 saturated heterocycles. The van der Waals surface area contributed by atoms with Gasteiger partial charge in [-0.05, 0) is 61.4 Å². The molecule has 0 aromatic heterocycles. The van der Waals surface area contributed by atoms with E-state index in [0.717, 1.165) is 28.2 Å². The molecule has 122 valence electrons. The molecule has 0 bridgehead atoms. The summed E-state index contributed by atoms with van der Waals surface area (Å²) in [6, 6.07) is 14.2. The largest absolute Gasteiger partial charge is 0.385 e. The van der Waals surface area contributed by atoms with Crippen LogP contribution in [-0.4, -0.2) is 26.5 Å². The molecule has 0 aliphatic heterocycles. The zero-order valence-electron chi connectivity index (χ0n) is 14.3. The van der Waals surface area contributed by atoms with Crippen LogP contribution in [0.1, 0.15) is 17.5 Å². The highest BCUT2D eigenvalue weighted by atomic mass is 16.1. The van der Waals surface area contributed by atoms with Crippen LogP contribution in [0.5, 0.6) is 0 Å². The van der Waals surface area contributed by atoms with Crippen LogP contribution < -0.4 is 15.5 Å². The minimum atomic E-state index is 0.0208. The van der Waals surface area contributed by atoms with Gasteiger partial charge in [0, 0.05) is 44.1 Å². The van der Waals surface area contributed by atoms with Crippen molar-refractivity contribution in [3.05, 3.63) is 53.6 Å². The van der Waals surface area contributed by atoms with Gasteiger partial charge in [0.2, 0.25) is 5.91 Å². The molecule has 2 rings (SSSR count). The van der Waals surface area contributed by atoms with E-state index in [1.807, 2.05) is 52.2 Å². The molecule has 0 heterocycles. The molecular formula is C19H25N3O. The van der Waals surface area contributed by atoms with Crippen molar-refractivity contribution in [2.75, 3.05) is 36.2 Å². The lowest BCUT2D eigenvalue weighted by atomic mass is 10.1. The first-order valence-electron chi connectivity index (χ1n) is 7.83. The van der Waals surface area contributed by atoms with Crippen LogP contribution in [0.4, 0.5) is 17.1 Å². The fourth-order valence-electron chi connectivity index (χ4n) is 2.47. The zero-order valence-corrected chi connectivity index (χ0v) is 14.3. The lowest BCUT2D eigenvalue weighted by molar-refractivity contribution is -0.115. The molecule has 23 heavy (non-hydrogen) atoms. The molecule has 4 heteroatoms. The average Bonchev–Trinajstić information content (AvgIpc) is 2.46. The highest BCUT2D eigenvalue weighted by Crippen LogP contribution is 2.16. The number of carbonyl (C=O) groups excluding carboxylic acids is 1. The smallest absolute Gasteiger partial charge is 0.226 e. The molecule has 0 spiro atoms. The van der Waals surface area contributed by atoms with E-state index in [0.29, 0.717) is 13.0 Å². The maximum absolute atomic E-state index is 12.0. The number of benzene rings is 2. The second kappa shape index (κ2) is 7.68. The summed E-state index contributed by atoms with van der Waals surface area (Å²) in [7, 11) is 4.03. The summed E-state index contributed by atoms with van der Waals surface area (Å²) in [5, 5.41) is 6.22. The third-order valence-electron chi connectivity index (χ3n) is 3.57. The molecular weight excluding hydrogens is 286 g/mol. The van der Waals surface area contributed by atoms with E-state index < -0.39 is 0 Å². The van der Waals surface area contributed by atoms with Crippen LogP contribution in [0.2, 0.25) is 0 Å². The van der Waals surface area contributed by atoms with Gasteiger partial charge in [0.05, 0.1) is 0 Å². The fourth-order valence-corrected chi connectivity index (χ4v) is 2.47. The summed E-state index contributed by atoms with van der Waals surface area (Å²) < 4.78 is 0. The van der Waals surface area contributed by atoms with E-state index >= 15 is 0 Å². The van der Waals surface area contributed by atoms with Crippen molar-refractivity contribution in [3.8, 4) is 0 Å². The van der Waals surface area contributed by atoms with Crippen molar-refractivity contribution in [2.24, 2.45) is 0 Å². The summed E-state index contributed by atoms with van der Waals surface area (Å²) in [6.45, 7) is 4.67. The van der Waals surface area contributed by atoms with Crippen molar-refractivity contribution < 1.29 is 4.79 Å². The summed E-state index contributed by atoms with van der Waals surface area (Å²) in [4.78, 5) is 14.1. The second-order valence-electron chi connectivity index (χ2n) is 6.04. The molecule has 2 aromatic rings. The van der Waals surface area contributed by atoms with Crippen molar-refractivity contribution in [1.29, 1.82) is 0 Å². The number of nitrogens with zero attached hydrogens (tertiary/aromatic N) is 1. The van der Waals surface area contributed by atoms with Gasteiger partial charge in [-0.2, -0.15) is 0 Å². The topological polar surface area (TPSA) is 44.4 Å². The lowest BCUT2D eigenvalue weighted by Gasteiger charge is -2.13. The summed E-state index contributed by atoms with van der Waals surface area (Å²) in [6.07, 6.45) is 0.433. The lowest BCUT2D eigenvalue weighted by Crippen LogP contribution is -2.16. The van der Waals surface area contributed by atoms with Gasteiger partial charge in [0.25, 0.3) is 0 Å². The molecule has 2 N–H and O–H groups in total. The van der Waals surface area contributed by atoms with Gasteiger partial charge in [0.15, 0.2) is 0 Å². The van der Waals surface area contributed by atoms with E-state index in [-0.39, 0.29) is 5.91 Å². The first-order chi connectivity index (χ1) is 10.9. The van der Waals surface area contributed by atoms with Gasteiger partial charge in [-0.15, -0.1) is 0 Å². The highest BCUT2D eigenvalue weighted by molar-refractivity contribution is 5.91. The van der Waals surface area contributed by atoms with Gasteiger partial charge >= 0.3 is 0 Å². The Bertz CT molecular complexity index is 643. The first kappa shape index (κ1) is 16.9. The van der Waals surface area contributed by atoms with Crippen molar-refractivity contribution in [1.82, 2.24) is 0 Å². The SMILES string of the molecule is Cc1cc(C)cc(NC(=O)CCNc2ccc(N(C)C)cc2)c1. The van der Waals surface area contributed by atoms with E-state index in [9.17, 15) is 4.79 Å². The maximum Gasteiger partial charge on any atom is 0.226 e. The normalized spacial score (nSPS) is 10.3. The maximum atomic E-state index is 12.0. The van der Waals surface area contributed by atoms with Crippen LogP contribution in [-0.2, 0) is 4.79 Å². The van der Waals surface area contributed by atoms with Crippen molar-refractivity contribution in [2.45, 2.75) is 20.3 Å². The minimum absolute atomic E-state index is 0.0208. The molecule has 0 unspecified atom stereocenters. The van der Waals surface area contributed by atoms with E-state index in [2.05, 4.69) is 33.7 Å². The molecule has 0 atom stereocenters. The predicted molar refractivity (Wildman–Crippen MR) is 98.4 cm³/mol. The third kappa shape index (κ3) is 5.33. The summed E-state index contributed by atoms with van der Waals surface area (Å²) in [5.41, 5.74) is 5.35.